The minimum absolute atomic E-state index is 0. The van der Waals surface area contributed by atoms with Crippen LogP contribution >= 0.6 is 0 Å². The first-order valence-electron chi connectivity index (χ1n) is 10.6. The van der Waals surface area contributed by atoms with Crippen molar-refractivity contribution in [2.24, 2.45) is 0 Å². The van der Waals surface area contributed by atoms with Crippen LogP contribution in [0.15, 0.2) is 35.2 Å². The zero-order chi connectivity index (χ0) is 18.9. The van der Waals surface area contributed by atoms with Crippen molar-refractivity contribution >= 4 is 29.0 Å². The maximum absolute atomic E-state index is 11.9. The molecule has 0 aliphatic heterocycles. The van der Waals surface area contributed by atoms with Gasteiger partial charge in [0, 0.05) is 18.9 Å². The summed E-state index contributed by atoms with van der Waals surface area (Å²) in [4.78, 5) is 0.241. The summed E-state index contributed by atoms with van der Waals surface area (Å²) in [5.41, 5.74) is 0. The van der Waals surface area contributed by atoms with E-state index in [1.165, 1.54) is 77.0 Å². The van der Waals surface area contributed by atoms with Gasteiger partial charge < -0.3 is 0 Å². The van der Waals surface area contributed by atoms with Gasteiger partial charge in [-0.25, -0.2) is 0 Å². The zero-order valence-corrected chi connectivity index (χ0v) is 18.4. The number of hydrogen-bond acceptors (Lipinski definition) is 3. The number of benzene rings is 1. The van der Waals surface area contributed by atoms with Crippen LogP contribution < -0.4 is 0 Å². The van der Waals surface area contributed by atoms with E-state index in [0.29, 0.717) is 0 Å². The fourth-order valence-electron chi connectivity index (χ4n) is 3.12. The van der Waals surface area contributed by atoms with Crippen molar-refractivity contribution in [3.05, 3.63) is 30.3 Å². The predicted molar refractivity (Wildman–Crippen MR) is 116 cm³/mol. The van der Waals surface area contributed by atoms with E-state index in [0.717, 1.165) is 12.8 Å². The Morgan fingerprint density at radius 3 is 1.52 bits per heavy atom. The first-order chi connectivity index (χ1) is 12.7. The molecule has 1 radical (unpaired) electrons. The topological polar surface area (TPSA) is 43.4 Å². The molecule has 1 rings (SSSR count). The Balaban J connectivity index is 0.00000676. The van der Waals surface area contributed by atoms with E-state index in [-0.39, 0.29) is 30.4 Å². The molecule has 27 heavy (non-hydrogen) atoms. The van der Waals surface area contributed by atoms with E-state index in [2.05, 4.69) is 6.92 Å². The molecule has 0 bridgehead atoms. The van der Waals surface area contributed by atoms with E-state index in [1.807, 2.05) is 0 Å². The van der Waals surface area contributed by atoms with Crippen molar-refractivity contribution in [2.75, 3.05) is 6.61 Å². The van der Waals surface area contributed by atoms with Gasteiger partial charge in [0.05, 0.1) is 11.5 Å². The average molecular weight is 390 g/mol. The molecule has 1 aromatic rings. The van der Waals surface area contributed by atoms with Crippen molar-refractivity contribution in [3.63, 3.8) is 0 Å². The third-order valence-corrected chi connectivity index (χ3v) is 6.09. The van der Waals surface area contributed by atoms with Gasteiger partial charge in [-0.1, -0.05) is 109 Å². The second-order valence-corrected chi connectivity index (χ2v) is 8.80. The van der Waals surface area contributed by atoms with Gasteiger partial charge in [0.15, 0.2) is 0 Å². The van der Waals surface area contributed by atoms with Gasteiger partial charge in [-0.15, -0.1) is 0 Å². The van der Waals surface area contributed by atoms with Gasteiger partial charge in [0.1, 0.15) is 0 Å². The third kappa shape index (κ3) is 14.4. The molecule has 0 amide bonds. The van der Waals surface area contributed by atoms with Crippen LogP contribution in [0.5, 0.6) is 0 Å². The van der Waals surface area contributed by atoms with E-state index in [1.54, 1.807) is 30.3 Å². The van der Waals surface area contributed by atoms with Gasteiger partial charge in [-0.3, -0.25) is 4.18 Å². The molecule has 3 nitrogen and oxygen atoms in total. The molecule has 0 fully saturated rings. The van der Waals surface area contributed by atoms with Gasteiger partial charge in [0.25, 0.3) is 10.1 Å². The van der Waals surface area contributed by atoms with E-state index < -0.39 is 10.1 Å². The summed E-state index contributed by atoms with van der Waals surface area (Å²) >= 11 is 0. The number of hydrogen-bond donors (Lipinski definition) is 0. The molecule has 5 heteroatoms. The monoisotopic (exact) mass is 389 g/mol. The largest absolute Gasteiger partial charge is 0.296 e. The summed E-state index contributed by atoms with van der Waals surface area (Å²) in [7, 11) is -3.58. The Bertz CT molecular complexity index is 532. The molecule has 0 N–H and O–H groups in total. The minimum atomic E-state index is -3.58. The third-order valence-electron chi connectivity index (χ3n) is 4.77. The SMILES string of the molecule is CCCCCCCCCCCCCCCCOS(=O)(=O)c1ccccc1.[Li]. The van der Waals surface area contributed by atoms with Crippen LogP contribution in [0, 0.1) is 0 Å². The van der Waals surface area contributed by atoms with Gasteiger partial charge in [-0.05, 0) is 18.6 Å². The second-order valence-electron chi connectivity index (χ2n) is 7.19. The van der Waals surface area contributed by atoms with Gasteiger partial charge in [0.2, 0.25) is 0 Å². The summed E-state index contributed by atoms with van der Waals surface area (Å²) in [5.74, 6) is 0. The Hall–Kier alpha value is -0.273. The molecule has 0 aromatic heterocycles. The smallest absolute Gasteiger partial charge is 0.266 e. The summed E-state index contributed by atoms with van der Waals surface area (Å²) in [5, 5.41) is 0. The summed E-state index contributed by atoms with van der Waals surface area (Å²) in [6, 6.07) is 8.36. The van der Waals surface area contributed by atoms with Crippen LogP contribution in [0.3, 0.4) is 0 Å². The molecule has 0 aliphatic rings. The standard InChI is InChI=1S/C22H38O3S.Li/c1-2-3-4-5-6-7-8-9-10-11-12-13-14-18-21-25-26(23,24)22-19-16-15-17-20-22;/h15-17,19-20H,2-14,18,21H2,1H3;. The summed E-state index contributed by atoms with van der Waals surface area (Å²) < 4.78 is 29.0. The molecule has 0 aliphatic carbocycles. The molecule has 0 saturated heterocycles. The second kappa shape index (κ2) is 17.8. The molecule has 0 heterocycles. The molecular weight excluding hydrogens is 351 g/mol. The van der Waals surface area contributed by atoms with Crippen molar-refractivity contribution in [2.45, 2.75) is 102 Å². The Labute approximate surface area is 180 Å². The predicted octanol–water partition coefficient (Wildman–Crippen LogP) is 6.49. The maximum atomic E-state index is 11.9. The maximum Gasteiger partial charge on any atom is 0.296 e. The van der Waals surface area contributed by atoms with Crippen LogP contribution in [0.25, 0.3) is 0 Å². The van der Waals surface area contributed by atoms with E-state index in [4.69, 9.17) is 4.18 Å². The normalized spacial score (nSPS) is 11.3. The van der Waals surface area contributed by atoms with Crippen molar-refractivity contribution in [1.82, 2.24) is 0 Å². The molecule has 0 unspecified atom stereocenters. The van der Waals surface area contributed by atoms with Crippen LogP contribution in [-0.4, -0.2) is 33.9 Å². The van der Waals surface area contributed by atoms with Crippen molar-refractivity contribution < 1.29 is 12.6 Å². The number of rotatable bonds is 17. The molecule has 1 aromatic carbocycles. The van der Waals surface area contributed by atoms with Gasteiger partial charge >= 0.3 is 0 Å². The van der Waals surface area contributed by atoms with Crippen molar-refractivity contribution in [1.29, 1.82) is 0 Å². The summed E-state index contributed by atoms with van der Waals surface area (Å²) in [6.45, 7) is 2.55. The van der Waals surface area contributed by atoms with Crippen LogP contribution in [0.1, 0.15) is 96.8 Å². The first kappa shape index (κ1) is 26.7. The fourth-order valence-corrected chi connectivity index (χ4v) is 4.08. The Morgan fingerprint density at radius 2 is 1.07 bits per heavy atom. The van der Waals surface area contributed by atoms with Crippen molar-refractivity contribution in [3.8, 4) is 0 Å². The molecular formula is C22H38LiO3S. The Kier molecular flexibility index (Phi) is 17.6. The molecule has 151 valence electrons. The quantitative estimate of drug-likeness (QED) is 0.174. The van der Waals surface area contributed by atoms with Gasteiger partial charge in [-0.2, -0.15) is 8.42 Å². The van der Waals surface area contributed by atoms with Crippen LogP contribution in [0.2, 0.25) is 0 Å². The van der Waals surface area contributed by atoms with Crippen LogP contribution in [-0.2, 0) is 14.3 Å². The Morgan fingerprint density at radius 1 is 0.667 bits per heavy atom. The molecule has 0 saturated carbocycles. The van der Waals surface area contributed by atoms with Crippen LogP contribution in [0.4, 0.5) is 0 Å². The first-order valence-corrected chi connectivity index (χ1v) is 12.0. The minimum Gasteiger partial charge on any atom is -0.266 e. The zero-order valence-electron chi connectivity index (χ0n) is 17.6. The van der Waals surface area contributed by atoms with E-state index >= 15 is 0 Å². The van der Waals surface area contributed by atoms with E-state index in [9.17, 15) is 8.42 Å². The average Bonchev–Trinajstić information content (AvgIpc) is 2.65. The molecule has 0 atom stereocenters. The fraction of sp³-hybridized carbons (Fsp3) is 0.727. The molecule has 0 spiro atoms. The number of unbranched alkanes of at least 4 members (excludes halogenated alkanes) is 13. The summed E-state index contributed by atoms with van der Waals surface area (Å²) in [6.07, 6.45) is 18.0.